The number of rotatable bonds is 11. The molecule has 3 rings (SSSR count). The summed E-state index contributed by atoms with van der Waals surface area (Å²) in [5.74, 6) is -0.408. The van der Waals surface area contributed by atoms with Crippen molar-refractivity contribution in [1.82, 2.24) is 0 Å². The third kappa shape index (κ3) is 5.96. The number of unbranched alkanes of at least 4 members (excludes halogenated alkanes) is 2. The largest absolute Gasteiger partial charge is 0.477 e. The Balaban J connectivity index is 1.58. The lowest BCUT2D eigenvalue weighted by atomic mass is 9.89. The molecule has 5 heteroatoms. The van der Waals surface area contributed by atoms with Crippen LogP contribution in [-0.4, -0.2) is 16.2 Å². The van der Waals surface area contributed by atoms with E-state index in [9.17, 15) is 9.90 Å². The van der Waals surface area contributed by atoms with Crippen LogP contribution in [0.1, 0.15) is 90.1 Å². The molecule has 2 aromatic rings. The molecule has 0 saturated heterocycles. The van der Waals surface area contributed by atoms with Crippen molar-refractivity contribution in [1.29, 1.82) is 0 Å². The number of benzene rings is 1. The van der Waals surface area contributed by atoms with Gasteiger partial charge in [-0.05, 0) is 73.3 Å². The van der Waals surface area contributed by atoms with E-state index in [-0.39, 0.29) is 0 Å². The van der Waals surface area contributed by atoms with E-state index in [0.717, 1.165) is 78.8 Å². The molecule has 1 aromatic carbocycles. The van der Waals surface area contributed by atoms with Gasteiger partial charge in [0.1, 0.15) is 4.88 Å². The molecule has 0 saturated carbocycles. The number of carbonyl (C=O) groups is 1. The Morgan fingerprint density at radius 2 is 1.93 bits per heavy atom. The van der Waals surface area contributed by atoms with Gasteiger partial charge in [0, 0.05) is 9.91 Å². The first kappa shape index (κ1) is 23.1. The van der Waals surface area contributed by atoms with Gasteiger partial charge in [0.05, 0.1) is 6.10 Å². The number of aromatic carboxylic acids is 1. The number of allylic oxidation sites excluding steroid dienone is 2. The van der Waals surface area contributed by atoms with Crippen LogP contribution >= 0.6 is 22.9 Å². The summed E-state index contributed by atoms with van der Waals surface area (Å²) >= 11 is 7.97. The van der Waals surface area contributed by atoms with Crippen LogP contribution in [0.25, 0.3) is 5.57 Å². The highest BCUT2D eigenvalue weighted by Gasteiger charge is 2.25. The van der Waals surface area contributed by atoms with Crippen LogP contribution < -0.4 is 0 Å². The fourth-order valence-electron chi connectivity index (χ4n) is 4.27. The molecule has 1 aromatic heterocycles. The monoisotopic (exact) mass is 446 g/mol. The summed E-state index contributed by atoms with van der Waals surface area (Å²) in [6.07, 6.45) is 8.75. The first-order chi connectivity index (χ1) is 14.5. The third-order valence-electron chi connectivity index (χ3n) is 5.95. The van der Waals surface area contributed by atoms with Crippen molar-refractivity contribution in [2.75, 3.05) is 0 Å². The second-order valence-electron chi connectivity index (χ2n) is 8.15. The molecule has 0 radical (unpaired) electrons. The van der Waals surface area contributed by atoms with E-state index in [0.29, 0.717) is 10.8 Å². The van der Waals surface area contributed by atoms with Crippen LogP contribution in [0.5, 0.6) is 0 Å². The maximum atomic E-state index is 11.0. The lowest BCUT2D eigenvalue weighted by Crippen LogP contribution is -2.02. The van der Waals surface area contributed by atoms with Crippen LogP contribution in [0.4, 0.5) is 0 Å². The van der Waals surface area contributed by atoms with Gasteiger partial charge >= 0.3 is 5.97 Å². The number of halogens is 1. The molecule has 0 bridgehead atoms. The molecule has 162 valence electrons. The highest BCUT2D eigenvalue weighted by Crippen LogP contribution is 2.43. The zero-order valence-corrected chi connectivity index (χ0v) is 19.1. The summed E-state index contributed by atoms with van der Waals surface area (Å²) in [7, 11) is 0. The number of aliphatic hydroxyl groups excluding tert-OH is 1. The fraction of sp³-hybridized carbons (Fsp3) is 0.480. The molecule has 2 N–H and O–H groups in total. The van der Waals surface area contributed by atoms with Crippen LogP contribution in [0.2, 0.25) is 0 Å². The quantitative estimate of drug-likeness (QED) is 0.352. The van der Waals surface area contributed by atoms with Crippen molar-refractivity contribution in [3.8, 4) is 0 Å². The first-order valence-corrected chi connectivity index (χ1v) is 12.2. The Labute approximate surface area is 188 Å². The lowest BCUT2D eigenvalue weighted by Gasteiger charge is -2.17. The van der Waals surface area contributed by atoms with Crippen molar-refractivity contribution >= 4 is 34.5 Å². The molecule has 0 spiro atoms. The summed E-state index contributed by atoms with van der Waals surface area (Å²) in [4.78, 5) is 12.6. The van der Waals surface area contributed by atoms with Gasteiger partial charge in [-0.25, -0.2) is 4.79 Å². The molecular weight excluding hydrogens is 416 g/mol. The van der Waals surface area contributed by atoms with Crippen LogP contribution in [0.3, 0.4) is 0 Å². The summed E-state index contributed by atoms with van der Waals surface area (Å²) < 4.78 is 0. The van der Waals surface area contributed by atoms with Gasteiger partial charge < -0.3 is 10.2 Å². The number of aryl methyl sites for hydroxylation is 1. The minimum atomic E-state index is -0.849. The highest BCUT2D eigenvalue weighted by molar-refractivity contribution is 7.13. The summed E-state index contributed by atoms with van der Waals surface area (Å²) in [5, 5.41) is 20.4. The van der Waals surface area contributed by atoms with E-state index >= 15 is 0 Å². The Kier molecular flexibility index (Phi) is 8.55. The minimum absolute atomic E-state index is 0.393. The molecule has 30 heavy (non-hydrogen) atoms. The van der Waals surface area contributed by atoms with Gasteiger partial charge in [0.2, 0.25) is 0 Å². The van der Waals surface area contributed by atoms with Crippen molar-refractivity contribution in [3.63, 3.8) is 0 Å². The lowest BCUT2D eigenvalue weighted by molar-refractivity contribution is 0.0702. The number of aliphatic hydroxyl groups is 1. The standard InChI is InChI=1S/C25H31ClO3S/c1-2-3-4-8-22(27)17-9-11-19(12-10-17)24-18(13-15-21(24)26)6-5-7-20-14-16-23(30-20)25(28)29/h9-12,14,16,18,22,27H,2-8,13,15H2,1H3,(H,28,29)/t18-,22-/m0/s1. The zero-order chi connectivity index (χ0) is 21.5. The molecule has 1 aliphatic carbocycles. The highest BCUT2D eigenvalue weighted by atomic mass is 35.5. The second kappa shape index (κ2) is 11.1. The summed E-state index contributed by atoms with van der Waals surface area (Å²) in [6.45, 7) is 2.17. The molecule has 1 heterocycles. The number of hydrogen-bond donors (Lipinski definition) is 2. The Hall–Kier alpha value is -1.62. The number of carboxylic acids is 1. The number of hydrogen-bond acceptors (Lipinski definition) is 3. The first-order valence-electron chi connectivity index (χ1n) is 11.0. The van der Waals surface area contributed by atoms with Gasteiger partial charge in [0.25, 0.3) is 0 Å². The van der Waals surface area contributed by atoms with Gasteiger partial charge in [-0.1, -0.05) is 62.1 Å². The normalized spacial score (nSPS) is 17.5. The maximum absolute atomic E-state index is 11.0. The molecule has 0 unspecified atom stereocenters. The maximum Gasteiger partial charge on any atom is 0.345 e. The third-order valence-corrected chi connectivity index (χ3v) is 7.47. The smallest absolute Gasteiger partial charge is 0.345 e. The molecule has 0 amide bonds. The molecule has 0 aliphatic heterocycles. The van der Waals surface area contributed by atoms with Crippen LogP contribution in [0, 0.1) is 5.92 Å². The van der Waals surface area contributed by atoms with Gasteiger partial charge in [-0.3, -0.25) is 0 Å². The summed E-state index contributed by atoms with van der Waals surface area (Å²) in [5.41, 5.74) is 3.39. The SMILES string of the molecule is CCCCC[C@H](O)c1ccc(C2=C(Cl)CC[C@@H]2CCCc2ccc(C(=O)O)s2)cc1. The topological polar surface area (TPSA) is 57.5 Å². The second-order valence-corrected chi connectivity index (χ2v) is 9.78. The predicted octanol–water partition coefficient (Wildman–Crippen LogP) is 7.44. The van der Waals surface area contributed by atoms with E-state index in [1.807, 2.05) is 18.2 Å². The van der Waals surface area contributed by atoms with Crippen molar-refractivity contribution in [2.45, 2.75) is 70.8 Å². The fourth-order valence-corrected chi connectivity index (χ4v) is 5.53. The van der Waals surface area contributed by atoms with Gasteiger partial charge in [0.15, 0.2) is 0 Å². The van der Waals surface area contributed by atoms with Crippen LogP contribution in [-0.2, 0) is 6.42 Å². The number of carboxylic acid groups (broad SMARTS) is 1. The van der Waals surface area contributed by atoms with Gasteiger partial charge in [-0.2, -0.15) is 0 Å². The Morgan fingerprint density at radius 3 is 2.60 bits per heavy atom. The summed E-state index contributed by atoms with van der Waals surface area (Å²) in [6, 6.07) is 11.9. The average molecular weight is 447 g/mol. The molecule has 0 fully saturated rings. The van der Waals surface area contributed by atoms with E-state index in [4.69, 9.17) is 16.7 Å². The Morgan fingerprint density at radius 1 is 1.17 bits per heavy atom. The van der Waals surface area contributed by atoms with Crippen LogP contribution in [0.15, 0.2) is 41.4 Å². The molecule has 1 aliphatic rings. The minimum Gasteiger partial charge on any atom is -0.477 e. The van der Waals surface area contributed by atoms with Crippen molar-refractivity contribution in [3.05, 3.63) is 62.3 Å². The van der Waals surface area contributed by atoms with E-state index < -0.39 is 12.1 Å². The van der Waals surface area contributed by atoms with Crippen molar-refractivity contribution < 1.29 is 15.0 Å². The van der Waals surface area contributed by atoms with E-state index in [1.165, 1.54) is 16.9 Å². The Bertz CT molecular complexity index is 869. The average Bonchev–Trinajstić information content (AvgIpc) is 3.35. The predicted molar refractivity (Wildman–Crippen MR) is 125 cm³/mol. The molecular formula is C25H31ClO3S. The molecule has 3 nitrogen and oxygen atoms in total. The zero-order valence-electron chi connectivity index (χ0n) is 17.6. The van der Waals surface area contributed by atoms with Gasteiger partial charge in [-0.15, -0.1) is 11.3 Å². The van der Waals surface area contributed by atoms with E-state index in [1.54, 1.807) is 6.07 Å². The molecule has 2 atom stereocenters. The van der Waals surface area contributed by atoms with E-state index in [2.05, 4.69) is 19.1 Å². The van der Waals surface area contributed by atoms with Crippen molar-refractivity contribution in [2.24, 2.45) is 5.92 Å². The number of thiophene rings is 1.